The van der Waals surface area contributed by atoms with Crippen LogP contribution in [0.15, 0.2) is 29.3 Å². The third-order valence-corrected chi connectivity index (χ3v) is 3.52. The molecule has 0 amide bonds. The molecule has 0 bridgehead atoms. The first-order valence-corrected chi connectivity index (χ1v) is 7.05. The molecule has 0 radical (unpaired) electrons. The smallest absolute Gasteiger partial charge is 0.191 e. The Balaban J connectivity index is 0.00000200. The van der Waals surface area contributed by atoms with E-state index in [1.165, 1.54) is 37.8 Å². The second kappa shape index (κ2) is 9.15. The van der Waals surface area contributed by atoms with E-state index >= 15 is 0 Å². The van der Waals surface area contributed by atoms with Crippen LogP contribution in [0.2, 0.25) is 0 Å². The van der Waals surface area contributed by atoms with Crippen molar-refractivity contribution in [2.24, 2.45) is 10.7 Å². The number of halogens is 2. The van der Waals surface area contributed by atoms with Crippen molar-refractivity contribution in [2.45, 2.75) is 32.1 Å². The Hall–Kier alpha value is -0.850. The molecule has 1 saturated heterocycles. The van der Waals surface area contributed by atoms with E-state index in [1.54, 1.807) is 12.1 Å². The largest absolute Gasteiger partial charge is 0.370 e. The first-order valence-electron chi connectivity index (χ1n) is 7.05. The highest BCUT2D eigenvalue weighted by molar-refractivity contribution is 14.0. The van der Waals surface area contributed by atoms with Crippen LogP contribution in [-0.2, 0) is 6.42 Å². The van der Waals surface area contributed by atoms with E-state index in [9.17, 15) is 4.39 Å². The molecule has 1 aromatic carbocycles. The summed E-state index contributed by atoms with van der Waals surface area (Å²) in [4.78, 5) is 6.61. The minimum absolute atomic E-state index is 0. The van der Waals surface area contributed by atoms with Gasteiger partial charge in [-0.2, -0.15) is 0 Å². The number of guanidine groups is 1. The summed E-state index contributed by atoms with van der Waals surface area (Å²) in [5.41, 5.74) is 7.11. The number of nitrogens with two attached hydrogens (primary N) is 1. The summed E-state index contributed by atoms with van der Waals surface area (Å²) in [6, 6.07) is 6.56. The monoisotopic (exact) mass is 391 g/mol. The summed E-state index contributed by atoms with van der Waals surface area (Å²) in [5, 5.41) is 0. The van der Waals surface area contributed by atoms with Crippen LogP contribution in [0.4, 0.5) is 4.39 Å². The molecule has 1 aliphatic heterocycles. The van der Waals surface area contributed by atoms with Crippen molar-refractivity contribution in [1.82, 2.24) is 4.90 Å². The molecule has 0 spiro atoms. The second-order valence-electron chi connectivity index (χ2n) is 5.02. The fourth-order valence-electron chi connectivity index (χ4n) is 2.35. The molecule has 2 rings (SSSR count). The van der Waals surface area contributed by atoms with E-state index in [0.717, 1.165) is 25.1 Å². The van der Waals surface area contributed by atoms with E-state index in [0.29, 0.717) is 12.5 Å². The van der Waals surface area contributed by atoms with Gasteiger partial charge >= 0.3 is 0 Å². The van der Waals surface area contributed by atoms with Gasteiger partial charge < -0.3 is 10.6 Å². The fraction of sp³-hybridized carbons (Fsp3) is 0.533. The van der Waals surface area contributed by atoms with Gasteiger partial charge in [0.2, 0.25) is 0 Å². The molecule has 0 unspecified atom stereocenters. The van der Waals surface area contributed by atoms with Crippen molar-refractivity contribution in [2.75, 3.05) is 19.6 Å². The second-order valence-corrected chi connectivity index (χ2v) is 5.02. The van der Waals surface area contributed by atoms with Crippen LogP contribution in [0.5, 0.6) is 0 Å². The maximum Gasteiger partial charge on any atom is 0.191 e. The van der Waals surface area contributed by atoms with Crippen LogP contribution in [0.25, 0.3) is 0 Å². The molecule has 1 heterocycles. The van der Waals surface area contributed by atoms with Crippen molar-refractivity contribution in [3.05, 3.63) is 35.6 Å². The standard InChI is InChI=1S/C15H22FN3.HI/c16-14-7-5-13(6-8-14)9-10-18-15(17)19-11-3-1-2-4-12-19;/h5-8H,1-4,9-12H2,(H2,17,18);1H. The number of likely N-dealkylation sites (tertiary alicyclic amines) is 1. The Morgan fingerprint density at radius 3 is 2.30 bits per heavy atom. The number of aliphatic imine (C=N–C) groups is 1. The van der Waals surface area contributed by atoms with Gasteiger partial charge in [0.05, 0.1) is 0 Å². The van der Waals surface area contributed by atoms with E-state index < -0.39 is 0 Å². The van der Waals surface area contributed by atoms with Crippen molar-refractivity contribution >= 4 is 29.9 Å². The highest BCUT2D eigenvalue weighted by atomic mass is 127. The number of hydrogen-bond donors (Lipinski definition) is 1. The first-order chi connectivity index (χ1) is 9.25. The van der Waals surface area contributed by atoms with Crippen LogP contribution < -0.4 is 5.73 Å². The van der Waals surface area contributed by atoms with Gasteiger partial charge in [0.1, 0.15) is 5.82 Å². The molecule has 0 aromatic heterocycles. The Kier molecular flexibility index (Phi) is 7.87. The molecule has 2 N–H and O–H groups in total. The lowest BCUT2D eigenvalue weighted by Crippen LogP contribution is -2.38. The topological polar surface area (TPSA) is 41.6 Å². The molecule has 20 heavy (non-hydrogen) atoms. The van der Waals surface area contributed by atoms with Crippen LogP contribution in [0.1, 0.15) is 31.2 Å². The van der Waals surface area contributed by atoms with E-state index in [4.69, 9.17) is 5.73 Å². The minimum atomic E-state index is -0.198. The van der Waals surface area contributed by atoms with E-state index in [1.807, 2.05) is 0 Å². The average molecular weight is 391 g/mol. The predicted octanol–water partition coefficient (Wildman–Crippen LogP) is 3.18. The maximum atomic E-state index is 12.8. The lowest BCUT2D eigenvalue weighted by Gasteiger charge is -2.21. The molecule has 112 valence electrons. The number of benzene rings is 1. The maximum absolute atomic E-state index is 12.8. The van der Waals surface area contributed by atoms with Gasteiger partial charge in [0.25, 0.3) is 0 Å². The van der Waals surface area contributed by atoms with Crippen LogP contribution in [-0.4, -0.2) is 30.5 Å². The van der Waals surface area contributed by atoms with Gasteiger partial charge in [-0.05, 0) is 37.0 Å². The molecular weight excluding hydrogens is 368 g/mol. The minimum Gasteiger partial charge on any atom is -0.370 e. The Morgan fingerprint density at radius 2 is 1.70 bits per heavy atom. The van der Waals surface area contributed by atoms with Crippen molar-refractivity contribution < 1.29 is 4.39 Å². The average Bonchev–Trinajstić information content (AvgIpc) is 2.70. The molecule has 1 aromatic rings. The molecule has 5 heteroatoms. The molecule has 1 aliphatic rings. The Labute approximate surface area is 137 Å². The van der Waals surface area contributed by atoms with E-state index in [2.05, 4.69) is 9.89 Å². The van der Waals surface area contributed by atoms with E-state index in [-0.39, 0.29) is 29.8 Å². The van der Waals surface area contributed by atoms with Crippen molar-refractivity contribution in [3.8, 4) is 0 Å². The summed E-state index contributed by atoms with van der Waals surface area (Å²) < 4.78 is 12.8. The van der Waals surface area contributed by atoms with Gasteiger partial charge in [-0.15, -0.1) is 24.0 Å². The molecule has 1 fully saturated rings. The normalized spacial score (nSPS) is 16.4. The van der Waals surface area contributed by atoms with Gasteiger partial charge in [0, 0.05) is 19.6 Å². The summed E-state index contributed by atoms with van der Waals surface area (Å²) in [5.74, 6) is 0.459. The summed E-state index contributed by atoms with van der Waals surface area (Å²) >= 11 is 0. The molecule has 3 nitrogen and oxygen atoms in total. The Bertz CT molecular complexity index is 412. The summed E-state index contributed by atoms with van der Waals surface area (Å²) in [7, 11) is 0. The zero-order chi connectivity index (χ0) is 13.5. The number of hydrogen-bond acceptors (Lipinski definition) is 1. The zero-order valence-corrected chi connectivity index (χ0v) is 14.1. The number of nitrogens with zero attached hydrogens (tertiary/aromatic N) is 2. The van der Waals surface area contributed by atoms with Crippen LogP contribution in [0.3, 0.4) is 0 Å². The van der Waals surface area contributed by atoms with Gasteiger partial charge in [0.15, 0.2) is 5.96 Å². The highest BCUT2D eigenvalue weighted by Crippen LogP contribution is 2.09. The van der Waals surface area contributed by atoms with Crippen LogP contribution >= 0.6 is 24.0 Å². The third-order valence-electron chi connectivity index (χ3n) is 3.52. The molecule has 0 atom stereocenters. The molecule has 0 saturated carbocycles. The zero-order valence-electron chi connectivity index (χ0n) is 11.7. The third kappa shape index (κ3) is 5.64. The molecule has 0 aliphatic carbocycles. The lowest BCUT2D eigenvalue weighted by atomic mass is 10.1. The van der Waals surface area contributed by atoms with Crippen molar-refractivity contribution in [3.63, 3.8) is 0 Å². The van der Waals surface area contributed by atoms with Gasteiger partial charge in [-0.3, -0.25) is 4.99 Å². The predicted molar refractivity (Wildman–Crippen MR) is 92.0 cm³/mol. The summed E-state index contributed by atoms with van der Waals surface area (Å²) in [6.45, 7) is 2.70. The van der Waals surface area contributed by atoms with Crippen LogP contribution in [0, 0.1) is 5.82 Å². The Morgan fingerprint density at radius 1 is 1.10 bits per heavy atom. The van der Waals surface area contributed by atoms with Gasteiger partial charge in [-0.25, -0.2) is 4.39 Å². The number of rotatable bonds is 3. The molecular formula is C15H23FIN3. The summed E-state index contributed by atoms with van der Waals surface area (Å²) in [6.07, 6.45) is 5.79. The highest BCUT2D eigenvalue weighted by Gasteiger charge is 2.10. The quantitative estimate of drug-likeness (QED) is 0.489. The van der Waals surface area contributed by atoms with Gasteiger partial charge in [-0.1, -0.05) is 25.0 Å². The SMILES string of the molecule is I.NC(=NCCc1ccc(F)cc1)N1CCCCCC1. The van der Waals surface area contributed by atoms with Crippen molar-refractivity contribution in [1.29, 1.82) is 0 Å². The first kappa shape index (κ1) is 17.2. The lowest BCUT2D eigenvalue weighted by molar-refractivity contribution is 0.428. The fourth-order valence-corrected chi connectivity index (χ4v) is 2.35.